The van der Waals surface area contributed by atoms with Gasteiger partial charge in [0.25, 0.3) is 5.91 Å². The molecule has 5 nitrogen and oxygen atoms in total. The van der Waals surface area contributed by atoms with E-state index < -0.39 is 0 Å². The largest absolute Gasteiger partial charge is 0.497 e. The van der Waals surface area contributed by atoms with Crippen molar-refractivity contribution in [1.29, 1.82) is 0 Å². The first kappa shape index (κ1) is 12.5. The van der Waals surface area contributed by atoms with Crippen LogP contribution in [0.3, 0.4) is 0 Å². The average Bonchev–Trinajstić information content (AvgIpc) is 3.04. The van der Waals surface area contributed by atoms with Crippen molar-refractivity contribution in [3.8, 4) is 5.75 Å². The quantitative estimate of drug-likeness (QED) is 0.841. The van der Waals surface area contributed by atoms with E-state index in [-0.39, 0.29) is 5.91 Å². The summed E-state index contributed by atoms with van der Waals surface area (Å²) in [6.07, 6.45) is 4.38. The molecular weight excluding hydrogens is 254 g/mol. The maximum Gasteiger partial charge on any atom is 0.256 e. The van der Waals surface area contributed by atoms with E-state index in [1.807, 2.05) is 31.2 Å². The number of nitrogens with one attached hydrogen (secondary N) is 2. The molecule has 0 saturated heterocycles. The van der Waals surface area contributed by atoms with Gasteiger partial charge >= 0.3 is 0 Å². The minimum atomic E-state index is -0.110. The number of aryl methyl sites for hydroxylation is 1. The van der Waals surface area contributed by atoms with Crippen molar-refractivity contribution in [2.75, 3.05) is 12.4 Å². The summed E-state index contributed by atoms with van der Waals surface area (Å²) < 4.78 is 5.21. The Bertz CT molecular complexity index is 701. The van der Waals surface area contributed by atoms with Gasteiger partial charge in [-0.1, -0.05) is 6.92 Å². The fourth-order valence-corrected chi connectivity index (χ4v) is 2.22. The second-order valence-corrected chi connectivity index (χ2v) is 4.56. The number of hydrogen-bond donors (Lipinski definition) is 2. The summed E-state index contributed by atoms with van der Waals surface area (Å²) in [5.41, 5.74) is 3.09. The predicted molar refractivity (Wildman–Crippen MR) is 77.5 cm³/mol. The molecule has 1 aromatic carbocycles. The van der Waals surface area contributed by atoms with Crippen molar-refractivity contribution < 1.29 is 9.53 Å². The normalized spacial score (nSPS) is 15.3. The van der Waals surface area contributed by atoms with Gasteiger partial charge in [-0.3, -0.25) is 4.79 Å². The van der Waals surface area contributed by atoms with Crippen LogP contribution in [0.25, 0.3) is 11.6 Å². The molecule has 0 spiro atoms. The van der Waals surface area contributed by atoms with Crippen LogP contribution in [0.15, 0.2) is 24.4 Å². The molecule has 0 unspecified atom stereocenters. The predicted octanol–water partition coefficient (Wildman–Crippen LogP) is 2.47. The highest BCUT2D eigenvalue weighted by molar-refractivity contribution is 6.34. The summed E-state index contributed by atoms with van der Waals surface area (Å²) in [5.74, 6) is 1.52. The molecule has 0 saturated carbocycles. The molecule has 0 atom stereocenters. The number of fused-ring (bicyclic) bond motifs is 1. The number of H-pyrrole nitrogens is 1. The Kier molecular flexibility index (Phi) is 3.02. The number of aromatic amines is 1. The van der Waals surface area contributed by atoms with E-state index in [2.05, 4.69) is 15.3 Å². The van der Waals surface area contributed by atoms with Crippen molar-refractivity contribution in [3.63, 3.8) is 0 Å². The number of methoxy groups -OCH3 is 1. The van der Waals surface area contributed by atoms with Crippen LogP contribution in [-0.4, -0.2) is 23.0 Å². The van der Waals surface area contributed by atoms with Gasteiger partial charge in [-0.15, -0.1) is 0 Å². The number of carbonyl (C=O) groups excluding carboxylic acids is 1. The number of carbonyl (C=O) groups is 1. The Morgan fingerprint density at radius 3 is 2.95 bits per heavy atom. The Hall–Kier alpha value is -2.56. The van der Waals surface area contributed by atoms with Crippen LogP contribution >= 0.6 is 0 Å². The first-order chi connectivity index (χ1) is 9.71. The maximum atomic E-state index is 12.1. The molecule has 0 radical (unpaired) electrons. The van der Waals surface area contributed by atoms with Gasteiger partial charge in [0.15, 0.2) is 0 Å². The number of aromatic nitrogens is 2. The van der Waals surface area contributed by atoms with Crippen LogP contribution in [0.2, 0.25) is 0 Å². The molecule has 20 heavy (non-hydrogen) atoms. The van der Waals surface area contributed by atoms with Gasteiger partial charge in [0.2, 0.25) is 0 Å². The maximum absolute atomic E-state index is 12.1. The lowest BCUT2D eigenvalue weighted by molar-refractivity contribution is -0.110. The van der Waals surface area contributed by atoms with Crippen LogP contribution in [0, 0.1) is 0 Å². The first-order valence-electron chi connectivity index (χ1n) is 6.46. The number of imidazole rings is 1. The third-order valence-corrected chi connectivity index (χ3v) is 3.29. The molecule has 1 aromatic heterocycles. The van der Waals surface area contributed by atoms with Crippen molar-refractivity contribution >= 4 is 23.2 Å². The molecule has 1 aliphatic heterocycles. The molecule has 1 aliphatic rings. The monoisotopic (exact) mass is 269 g/mol. The molecule has 2 aromatic rings. The minimum absolute atomic E-state index is 0.110. The third kappa shape index (κ3) is 2.07. The van der Waals surface area contributed by atoms with E-state index in [1.54, 1.807) is 13.3 Å². The Balaban J connectivity index is 2.04. The van der Waals surface area contributed by atoms with Crippen LogP contribution in [0.1, 0.15) is 24.0 Å². The zero-order valence-corrected chi connectivity index (χ0v) is 11.4. The molecule has 0 aliphatic carbocycles. The van der Waals surface area contributed by atoms with Gasteiger partial charge in [0.1, 0.15) is 11.6 Å². The number of hydrogen-bond acceptors (Lipinski definition) is 3. The number of benzene rings is 1. The highest BCUT2D eigenvalue weighted by Crippen LogP contribution is 2.35. The standard InChI is InChI=1S/C15H15N3O2/c1-3-14-16-8-9(17-14)6-12-11-7-10(20-2)4-5-13(11)18-15(12)19/h4-8H,3H2,1-2H3,(H,16,17)(H,18,19). The van der Waals surface area contributed by atoms with Crippen LogP contribution in [0.4, 0.5) is 5.69 Å². The van der Waals surface area contributed by atoms with Gasteiger partial charge in [-0.05, 0) is 24.3 Å². The fourth-order valence-electron chi connectivity index (χ4n) is 2.22. The van der Waals surface area contributed by atoms with Crippen molar-refractivity contribution in [2.45, 2.75) is 13.3 Å². The summed E-state index contributed by atoms with van der Waals surface area (Å²) in [6, 6.07) is 5.53. The van der Waals surface area contributed by atoms with Gasteiger partial charge in [-0.25, -0.2) is 4.98 Å². The molecule has 102 valence electrons. The molecule has 2 N–H and O–H groups in total. The molecule has 3 rings (SSSR count). The molecule has 1 amide bonds. The highest BCUT2D eigenvalue weighted by atomic mass is 16.5. The topological polar surface area (TPSA) is 67.0 Å². The summed E-state index contributed by atoms with van der Waals surface area (Å²) in [5, 5.41) is 2.84. The summed E-state index contributed by atoms with van der Waals surface area (Å²) in [6.45, 7) is 2.03. The number of anilines is 1. The average molecular weight is 269 g/mol. The van der Waals surface area contributed by atoms with Gasteiger partial charge in [0, 0.05) is 17.7 Å². The Morgan fingerprint density at radius 1 is 1.40 bits per heavy atom. The zero-order valence-electron chi connectivity index (χ0n) is 11.4. The van der Waals surface area contributed by atoms with Crippen LogP contribution in [0.5, 0.6) is 5.75 Å². The van der Waals surface area contributed by atoms with Crippen molar-refractivity contribution in [2.24, 2.45) is 0 Å². The number of nitrogens with zero attached hydrogens (tertiary/aromatic N) is 1. The molecule has 0 bridgehead atoms. The van der Waals surface area contributed by atoms with E-state index in [9.17, 15) is 4.79 Å². The van der Waals surface area contributed by atoms with Crippen molar-refractivity contribution in [3.05, 3.63) is 41.5 Å². The SMILES string of the molecule is CCc1ncc(C=C2C(=O)Nc3ccc(OC)cc32)[nH]1. The molecule has 0 fully saturated rings. The molecular formula is C15H15N3O2. The smallest absolute Gasteiger partial charge is 0.256 e. The minimum Gasteiger partial charge on any atom is -0.497 e. The number of ether oxygens (including phenoxy) is 1. The summed E-state index contributed by atoms with van der Waals surface area (Å²) in [4.78, 5) is 19.5. The van der Waals surface area contributed by atoms with Crippen LogP contribution in [-0.2, 0) is 11.2 Å². The van der Waals surface area contributed by atoms with E-state index in [0.717, 1.165) is 34.9 Å². The molecule has 5 heteroatoms. The highest BCUT2D eigenvalue weighted by Gasteiger charge is 2.24. The number of rotatable bonds is 3. The van der Waals surface area contributed by atoms with E-state index in [4.69, 9.17) is 4.74 Å². The van der Waals surface area contributed by atoms with Gasteiger partial charge < -0.3 is 15.0 Å². The van der Waals surface area contributed by atoms with Gasteiger partial charge in [-0.2, -0.15) is 0 Å². The lowest BCUT2D eigenvalue weighted by Crippen LogP contribution is -2.03. The first-order valence-corrected chi connectivity index (χ1v) is 6.46. The summed E-state index contributed by atoms with van der Waals surface area (Å²) >= 11 is 0. The second kappa shape index (κ2) is 4.85. The number of amides is 1. The van der Waals surface area contributed by atoms with E-state index in [0.29, 0.717) is 5.57 Å². The summed E-state index contributed by atoms with van der Waals surface area (Å²) in [7, 11) is 1.61. The van der Waals surface area contributed by atoms with Crippen molar-refractivity contribution in [1.82, 2.24) is 9.97 Å². The van der Waals surface area contributed by atoms with E-state index in [1.165, 1.54) is 0 Å². The Morgan fingerprint density at radius 2 is 2.25 bits per heavy atom. The van der Waals surface area contributed by atoms with E-state index >= 15 is 0 Å². The lowest BCUT2D eigenvalue weighted by atomic mass is 10.1. The zero-order chi connectivity index (χ0) is 14.1. The lowest BCUT2D eigenvalue weighted by Gasteiger charge is -2.02. The van der Waals surface area contributed by atoms with Gasteiger partial charge in [0.05, 0.1) is 24.6 Å². The van der Waals surface area contributed by atoms with Crippen LogP contribution < -0.4 is 10.1 Å². The molecule has 2 heterocycles. The Labute approximate surface area is 116 Å². The third-order valence-electron chi connectivity index (χ3n) is 3.29. The second-order valence-electron chi connectivity index (χ2n) is 4.56. The fraction of sp³-hybridized carbons (Fsp3) is 0.200.